The lowest BCUT2D eigenvalue weighted by Gasteiger charge is -2.32. The Morgan fingerprint density at radius 2 is 1.86 bits per heavy atom. The fourth-order valence-corrected chi connectivity index (χ4v) is 4.38. The minimum atomic E-state index is -5.89. The Balaban J connectivity index is 1.81. The van der Waals surface area contributed by atoms with E-state index in [1.807, 2.05) is 13.8 Å². The highest BCUT2D eigenvalue weighted by molar-refractivity contribution is 7.86. The van der Waals surface area contributed by atoms with Crippen LogP contribution < -0.4 is 0 Å². The SMILES string of the molecule is CCC(O)(CC)CC1CC2OC1CC2C(=O)OCCC(F)C(F)(F)S(=O)(=O)O. The second kappa shape index (κ2) is 8.45. The van der Waals surface area contributed by atoms with Gasteiger partial charge in [0.1, 0.15) is 0 Å². The van der Waals surface area contributed by atoms with Gasteiger partial charge >= 0.3 is 21.3 Å². The van der Waals surface area contributed by atoms with Gasteiger partial charge in [-0.15, -0.1) is 0 Å². The average Bonchev–Trinajstić information content (AvgIpc) is 3.20. The lowest BCUT2D eigenvalue weighted by molar-refractivity contribution is -0.151. The average molecular weight is 432 g/mol. The maximum Gasteiger partial charge on any atom is 0.400 e. The Labute approximate surface area is 162 Å². The molecule has 0 aromatic rings. The van der Waals surface area contributed by atoms with Gasteiger partial charge in [-0.25, -0.2) is 4.39 Å². The van der Waals surface area contributed by atoms with Crippen molar-refractivity contribution >= 4 is 16.1 Å². The molecule has 0 radical (unpaired) electrons. The Kier molecular flexibility index (Phi) is 7.05. The van der Waals surface area contributed by atoms with Gasteiger partial charge in [0.25, 0.3) is 0 Å². The summed E-state index contributed by atoms with van der Waals surface area (Å²) < 4.78 is 79.5. The molecule has 2 aliphatic heterocycles. The van der Waals surface area contributed by atoms with Crippen molar-refractivity contribution in [2.75, 3.05) is 6.61 Å². The van der Waals surface area contributed by atoms with Gasteiger partial charge in [-0.1, -0.05) is 13.8 Å². The highest BCUT2D eigenvalue weighted by atomic mass is 32.2. The quantitative estimate of drug-likeness (QED) is 0.403. The van der Waals surface area contributed by atoms with Crippen LogP contribution in [0.2, 0.25) is 0 Å². The Morgan fingerprint density at radius 1 is 1.25 bits per heavy atom. The van der Waals surface area contributed by atoms with E-state index in [4.69, 9.17) is 14.0 Å². The molecule has 2 bridgehead atoms. The van der Waals surface area contributed by atoms with Crippen LogP contribution in [-0.2, 0) is 24.4 Å². The summed E-state index contributed by atoms with van der Waals surface area (Å²) in [7, 11) is -5.89. The van der Waals surface area contributed by atoms with E-state index in [9.17, 15) is 31.5 Å². The summed E-state index contributed by atoms with van der Waals surface area (Å²) in [6.45, 7) is 3.07. The number of rotatable bonds is 10. The molecule has 5 atom stereocenters. The zero-order valence-electron chi connectivity index (χ0n) is 15.8. The molecular formula is C17H27F3O7S. The Morgan fingerprint density at radius 3 is 2.32 bits per heavy atom. The van der Waals surface area contributed by atoms with Crippen LogP contribution in [0, 0.1) is 11.8 Å². The van der Waals surface area contributed by atoms with Gasteiger partial charge in [-0.3, -0.25) is 9.35 Å². The van der Waals surface area contributed by atoms with Gasteiger partial charge in [-0.2, -0.15) is 17.2 Å². The van der Waals surface area contributed by atoms with E-state index in [0.717, 1.165) is 0 Å². The molecule has 2 N–H and O–H groups in total. The highest BCUT2D eigenvalue weighted by Crippen LogP contribution is 2.46. The summed E-state index contributed by atoms with van der Waals surface area (Å²) in [6, 6.07) is 0. The molecule has 2 saturated heterocycles. The van der Waals surface area contributed by atoms with Crippen molar-refractivity contribution in [3.05, 3.63) is 0 Å². The van der Waals surface area contributed by atoms with E-state index < -0.39 is 58.2 Å². The predicted molar refractivity (Wildman–Crippen MR) is 92.0 cm³/mol. The van der Waals surface area contributed by atoms with E-state index in [1.165, 1.54) is 0 Å². The molecular weight excluding hydrogens is 405 g/mol. The number of fused-ring (bicyclic) bond motifs is 2. The lowest BCUT2D eigenvalue weighted by atomic mass is 9.75. The van der Waals surface area contributed by atoms with E-state index >= 15 is 0 Å². The van der Waals surface area contributed by atoms with E-state index in [0.29, 0.717) is 32.1 Å². The maximum atomic E-state index is 13.4. The molecule has 0 aromatic heterocycles. The van der Waals surface area contributed by atoms with E-state index in [-0.39, 0.29) is 12.0 Å². The third-order valence-electron chi connectivity index (χ3n) is 5.93. The third kappa shape index (κ3) is 4.80. The molecule has 28 heavy (non-hydrogen) atoms. The van der Waals surface area contributed by atoms with Crippen molar-refractivity contribution < 1.29 is 45.5 Å². The summed E-state index contributed by atoms with van der Waals surface area (Å²) in [5.41, 5.74) is -0.775. The molecule has 0 aromatic carbocycles. The Bertz CT molecular complexity index is 666. The summed E-state index contributed by atoms with van der Waals surface area (Å²) in [4.78, 5) is 12.1. The van der Waals surface area contributed by atoms with Crippen LogP contribution in [0.25, 0.3) is 0 Å². The first-order valence-corrected chi connectivity index (χ1v) is 10.8. The van der Waals surface area contributed by atoms with Crippen molar-refractivity contribution in [3.8, 4) is 0 Å². The number of carbonyl (C=O) groups is 1. The first-order chi connectivity index (χ1) is 12.8. The molecule has 2 rings (SSSR count). The van der Waals surface area contributed by atoms with Crippen LogP contribution in [0.4, 0.5) is 13.2 Å². The molecule has 7 nitrogen and oxygen atoms in total. The van der Waals surface area contributed by atoms with Crippen LogP contribution in [-0.4, -0.2) is 59.9 Å². The van der Waals surface area contributed by atoms with Crippen molar-refractivity contribution in [1.29, 1.82) is 0 Å². The number of alkyl halides is 3. The summed E-state index contributed by atoms with van der Waals surface area (Å²) in [5, 5.41) is 5.52. The second-order valence-corrected chi connectivity index (χ2v) is 9.14. The monoisotopic (exact) mass is 432 g/mol. The minimum Gasteiger partial charge on any atom is -0.465 e. The molecule has 11 heteroatoms. The number of hydrogen-bond donors (Lipinski definition) is 2. The van der Waals surface area contributed by atoms with Gasteiger partial charge in [0.05, 0.1) is 30.3 Å². The molecule has 2 heterocycles. The summed E-state index contributed by atoms with van der Waals surface area (Å²) in [6.07, 6.45) is -2.14. The number of aliphatic hydroxyl groups is 1. The standard InChI is InChI=1S/C17H27F3O7S/c1-3-16(22,4-2)9-10-7-13-11(8-12(10)27-13)15(21)26-6-5-14(18)17(19,20)28(23,24)25/h10-14,22H,3-9H2,1-2H3,(H,23,24,25). The van der Waals surface area contributed by atoms with Crippen molar-refractivity contribution in [2.45, 2.75) is 81.6 Å². The van der Waals surface area contributed by atoms with Crippen molar-refractivity contribution in [2.24, 2.45) is 11.8 Å². The van der Waals surface area contributed by atoms with Gasteiger partial charge in [-0.05, 0) is 38.0 Å². The number of carbonyl (C=O) groups excluding carboxylic acids is 1. The number of hydrogen-bond acceptors (Lipinski definition) is 6. The van der Waals surface area contributed by atoms with E-state index in [2.05, 4.69) is 0 Å². The molecule has 0 saturated carbocycles. The van der Waals surface area contributed by atoms with Crippen LogP contribution in [0.3, 0.4) is 0 Å². The van der Waals surface area contributed by atoms with Gasteiger partial charge in [0.2, 0.25) is 0 Å². The smallest absolute Gasteiger partial charge is 0.400 e. The second-order valence-electron chi connectivity index (χ2n) is 7.65. The van der Waals surface area contributed by atoms with Gasteiger partial charge in [0.15, 0.2) is 6.17 Å². The van der Waals surface area contributed by atoms with Gasteiger partial charge < -0.3 is 14.6 Å². The Hall–Kier alpha value is -0.910. The molecule has 0 amide bonds. The first kappa shape index (κ1) is 23.4. The first-order valence-electron chi connectivity index (χ1n) is 9.38. The normalized spacial score (nSPS) is 29.1. The molecule has 5 unspecified atom stereocenters. The molecule has 164 valence electrons. The third-order valence-corrected chi connectivity index (χ3v) is 6.87. The minimum absolute atomic E-state index is 0.114. The molecule has 2 aliphatic rings. The fourth-order valence-electron chi connectivity index (χ4n) is 3.94. The van der Waals surface area contributed by atoms with Crippen LogP contribution in [0.1, 0.15) is 52.4 Å². The van der Waals surface area contributed by atoms with Gasteiger partial charge in [0, 0.05) is 6.42 Å². The van der Waals surface area contributed by atoms with Crippen LogP contribution in [0.15, 0.2) is 0 Å². The predicted octanol–water partition coefficient (Wildman–Crippen LogP) is 2.47. The van der Waals surface area contributed by atoms with Crippen molar-refractivity contribution in [1.82, 2.24) is 0 Å². The van der Waals surface area contributed by atoms with Crippen LogP contribution in [0.5, 0.6) is 0 Å². The van der Waals surface area contributed by atoms with Crippen molar-refractivity contribution in [3.63, 3.8) is 0 Å². The summed E-state index contributed by atoms with van der Waals surface area (Å²) >= 11 is 0. The van der Waals surface area contributed by atoms with E-state index in [1.54, 1.807) is 0 Å². The molecule has 2 fully saturated rings. The van der Waals surface area contributed by atoms with Crippen LogP contribution >= 0.6 is 0 Å². The largest absolute Gasteiger partial charge is 0.465 e. The molecule has 0 spiro atoms. The topological polar surface area (TPSA) is 110 Å². The number of ether oxygens (including phenoxy) is 2. The zero-order valence-corrected chi connectivity index (χ0v) is 16.6. The highest BCUT2D eigenvalue weighted by Gasteiger charge is 2.53. The summed E-state index contributed by atoms with van der Waals surface area (Å²) in [5.74, 6) is -1.20. The lowest BCUT2D eigenvalue weighted by Crippen LogP contribution is -2.39. The maximum absolute atomic E-state index is 13.4. The fraction of sp³-hybridized carbons (Fsp3) is 0.941. The number of halogens is 3. The number of esters is 1. The zero-order chi connectivity index (χ0) is 21.3. The molecule has 0 aliphatic carbocycles.